The maximum absolute atomic E-state index is 5.51. The van der Waals surface area contributed by atoms with E-state index in [2.05, 4.69) is 28.7 Å². The molecular formula is C10H10INO. The van der Waals surface area contributed by atoms with Crippen molar-refractivity contribution < 1.29 is 4.42 Å². The second-order valence-electron chi connectivity index (χ2n) is 2.92. The van der Waals surface area contributed by atoms with Crippen molar-refractivity contribution in [3.8, 4) is 0 Å². The molecule has 0 aliphatic rings. The molecule has 0 unspecified atom stereocenters. The number of fused-ring (bicyclic) bond motifs is 1. The van der Waals surface area contributed by atoms with E-state index in [1.165, 1.54) is 10.9 Å². The first-order valence-corrected chi connectivity index (χ1v) is 5.25. The van der Waals surface area contributed by atoms with E-state index in [0.717, 1.165) is 15.6 Å². The third-order valence-electron chi connectivity index (χ3n) is 2.05. The molecule has 2 aromatic rings. The minimum absolute atomic E-state index is 0.667. The number of benzene rings is 1. The number of hydrogen-bond donors (Lipinski definition) is 1. The van der Waals surface area contributed by atoms with Gasteiger partial charge in [0.2, 0.25) is 0 Å². The normalized spacial score (nSPS) is 10.9. The van der Waals surface area contributed by atoms with Crippen LogP contribution in [0, 0.1) is 3.57 Å². The zero-order chi connectivity index (χ0) is 9.26. The average molecular weight is 287 g/mol. The summed E-state index contributed by atoms with van der Waals surface area (Å²) in [7, 11) is 0. The van der Waals surface area contributed by atoms with E-state index in [1.54, 1.807) is 6.26 Å². The Morgan fingerprint density at radius 1 is 1.38 bits per heavy atom. The Kier molecular flexibility index (Phi) is 2.55. The summed E-state index contributed by atoms with van der Waals surface area (Å²) in [6, 6.07) is 6.16. The van der Waals surface area contributed by atoms with Crippen LogP contribution in [0.3, 0.4) is 0 Å². The van der Waals surface area contributed by atoms with E-state index in [0.29, 0.717) is 6.54 Å². The topological polar surface area (TPSA) is 39.2 Å². The average Bonchev–Trinajstić information content (AvgIpc) is 2.51. The molecule has 0 saturated carbocycles. The number of rotatable bonds is 2. The first-order chi connectivity index (χ1) is 6.33. The van der Waals surface area contributed by atoms with E-state index in [1.807, 2.05) is 12.1 Å². The van der Waals surface area contributed by atoms with Crippen LogP contribution in [0.25, 0.3) is 11.0 Å². The van der Waals surface area contributed by atoms with Gasteiger partial charge >= 0.3 is 0 Å². The van der Waals surface area contributed by atoms with Gasteiger partial charge in [-0.15, -0.1) is 0 Å². The van der Waals surface area contributed by atoms with Crippen molar-refractivity contribution in [1.82, 2.24) is 0 Å². The molecule has 68 valence electrons. The van der Waals surface area contributed by atoms with Crippen LogP contribution < -0.4 is 5.73 Å². The molecule has 2 N–H and O–H groups in total. The Bertz CT molecular complexity index is 422. The fraction of sp³-hybridized carbons (Fsp3) is 0.200. The highest BCUT2D eigenvalue weighted by molar-refractivity contribution is 14.1. The maximum atomic E-state index is 5.51. The van der Waals surface area contributed by atoms with Crippen LogP contribution in [0.5, 0.6) is 0 Å². The van der Waals surface area contributed by atoms with Crippen molar-refractivity contribution in [2.24, 2.45) is 5.73 Å². The van der Waals surface area contributed by atoms with Crippen molar-refractivity contribution in [2.45, 2.75) is 6.42 Å². The van der Waals surface area contributed by atoms with Gasteiger partial charge in [0.15, 0.2) is 0 Å². The lowest BCUT2D eigenvalue weighted by Crippen LogP contribution is -2.01. The molecule has 0 saturated heterocycles. The highest BCUT2D eigenvalue weighted by atomic mass is 127. The van der Waals surface area contributed by atoms with Crippen molar-refractivity contribution in [3.63, 3.8) is 0 Å². The fourth-order valence-electron chi connectivity index (χ4n) is 1.42. The maximum Gasteiger partial charge on any atom is 0.147 e. The van der Waals surface area contributed by atoms with Crippen LogP contribution in [0.2, 0.25) is 0 Å². The largest absolute Gasteiger partial charge is 0.463 e. The molecule has 0 fully saturated rings. The van der Waals surface area contributed by atoms with Gasteiger partial charge in [-0.05, 0) is 47.2 Å². The second kappa shape index (κ2) is 3.67. The summed E-state index contributed by atoms with van der Waals surface area (Å²) in [6.45, 7) is 0.667. The molecule has 0 spiro atoms. The quantitative estimate of drug-likeness (QED) is 0.862. The van der Waals surface area contributed by atoms with Crippen molar-refractivity contribution >= 4 is 33.6 Å². The van der Waals surface area contributed by atoms with Crippen LogP contribution in [-0.2, 0) is 6.42 Å². The monoisotopic (exact) mass is 287 g/mol. The van der Waals surface area contributed by atoms with Gasteiger partial charge in [-0.25, -0.2) is 0 Å². The van der Waals surface area contributed by atoms with E-state index in [-0.39, 0.29) is 0 Å². The first kappa shape index (κ1) is 9.02. The highest BCUT2D eigenvalue weighted by Crippen LogP contribution is 2.25. The summed E-state index contributed by atoms with van der Waals surface area (Å²) < 4.78 is 6.62. The third kappa shape index (κ3) is 1.58. The van der Waals surface area contributed by atoms with Gasteiger partial charge in [-0.2, -0.15) is 0 Å². The van der Waals surface area contributed by atoms with Crippen LogP contribution in [0.15, 0.2) is 28.9 Å². The molecule has 0 bridgehead atoms. The molecule has 0 amide bonds. The summed E-state index contributed by atoms with van der Waals surface area (Å²) >= 11 is 2.27. The van der Waals surface area contributed by atoms with Crippen LogP contribution >= 0.6 is 22.6 Å². The van der Waals surface area contributed by atoms with Crippen LogP contribution in [0.1, 0.15) is 5.56 Å². The molecule has 0 atom stereocenters. The Morgan fingerprint density at radius 3 is 3.00 bits per heavy atom. The lowest BCUT2D eigenvalue weighted by molar-refractivity contribution is 0.608. The minimum Gasteiger partial charge on any atom is -0.463 e. The molecule has 2 rings (SSSR count). The van der Waals surface area contributed by atoms with Gasteiger partial charge in [-0.1, -0.05) is 12.1 Å². The Labute approximate surface area is 90.2 Å². The molecule has 1 heterocycles. The zero-order valence-electron chi connectivity index (χ0n) is 7.09. The number of furan rings is 1. The molecule has 0 aliphatic carbocycles. The molecule has 13 heavy (non-hydrogen) atoms. The molecule has 1 aromatic heterocycles. The molecule has 2 nitrogen and oxygen atoms in total. The van der Waals surface area contributed by atoms with E-state index < -0.39 is 0 Å². The van der Waals surface area contributed by atoms with E-state index in [4.69, 9.17) is 10.2 Å². The van der Waals surface area contributed by atoms with Crippen LogP contribution in [-0.4, -0.2) is 6.54 Å². The Balaban J connectivity index is 2.61. The molecular weight excluding hydrogens is 277 g/mol. The Morgan fingerprint density at radius 2 is 2.23 bits per heavy atom. The molecule has 0 radical (unpaired) electrons. The van der Waals surface area contributed by atoms with Crippen LogP contribution in [0.4, 0.5) is 0 Å². The second-order valence-corrected chi connectivity index (χ2v) is 4.08. The summed E-state index contributed by atoms with van der Waals surface area (Å²) in [5, 5.41) is 1.19. The van der Waals surface area contributed by atoms with Gasteiger partial charge < -0.3 is 10.2 Å². The van der Waals surface area contributed by atoms with E-state index in [9.17, 15) is 0 Å². The minimum atomic E-state index is 0.667. The SMILES string of the molecule is NCCc1coc2c(I)cccc12. The van der Waals surface area contributed by atoms with Gasteiger partial charge in [0, 0.05) is 5.39 Å². The van der Waals surface area contributed by atoms with Gasteiger partial charge in [0.25, 0.3) is 0 Å². The number of para-hydroxylation sites is 1. The smallest absolute Gasteiger partial charge is 0.147 e. The van der Waals surface area contributed by atoms with Crippen molar-refractivity contribution in [1.29, 1.82) is 0 Å². The van der Waals surface area contributed by atoms with Gasteiger partial charge in [-0.3, -0.25) is 0 Å². The number of hydrogen-bond acceptors (Lipinski definition) is 2. The summed E-state index contributed by atoms with van der Waals surface area (Å²) in [6.07, 6.45) is 2.69. The molecule has 3 heteroatoms. The van der Waals surface area contributed by atoms with Crippen molar-refractivity contribution in [3.05, 3.63) is 33.6 Å². The Hall–Kier alpha value is -0.550. The lowest BCUT2D eigenvalue weighted by atomic mass is 10.1. The number of nitrogens with two attached hydrogens (primary N) is 1. The van der Waals surface area contributed by atoms with Crippen molar-refractivity contribution in [2.75, 3.05) is 6.54 Å². The summed E-state index contributed by atoms with van der Waals surface area (Å²) in [5.41, 5.74) is 7.69. The number of halogens is 1. The molecule has 1 aromatic carbocycles. The standard InChI is InChI=1S/C10H10INO/c11-9-3-1-2-8-7(4-5-12)6-13-10(8)9/h1-3,6H,4-5,12H2. The summed E-state index contributed by atoms with van der Waals surface area (Å²) in [5.74, 6) is 0. The predicted octanol–water partition coefficient (Wildman–Crippen LogP) is 2.54. The highest BCUT2D eigenvalue weighted by Gasteiger charge is 2.06. The third-order valence-corrected chi connectivity index (χ3v) is 2.90. The molecule has 0 aliphatic heterocycles. The van der Waals surface area contributed by atoms with Gasteiger partial charge in [0.1, 0.15) is 5.58 Å². The lowest BCUT2D eigenvalue weighted by Gasteiger charge is -1.94. The summed E-state index contributed by atoms with van der Waals surface area (Å²) in [4.78, 5) is 0. The van der Waals surface area contributed by atoms with Gasteiger partial charge in [0.05, 0.1) is 9.83 Å². The predicted molar refractivity (Wildman–Crippen MR) is 61.7 cm³/mol. The fourth-order valence-corrected chi connectivity index (χ4v) is 2.05. The zero-order valence-corrected chi connectivity index (χ0v) is 9.24. The van der Waals surface area contributed by atoms with E-state index >= 15 is 0 Å². The first-order valence-electron chi connectivity index (χ1n) is 4.17.